The molecule has 0 saturated heterocycles. The summed E-state index contributed by atoms with van der Waals surface area (Å²) in [6.45, 7) is 5.61. The highest BCUT2D eigenvalue weighted by molar-refractivity contribution is 5.39. The van der Waals surface area contributed by atoms with Crippen molar-refractivity contribution in [3.8, 4) is 0 Å². The normalized spacial score (nSPS) is 22.1. The number of rotatable bonds is 5. The lowest BCUT2D eigenvalue weighted by Gasteiger charge is -2.31. The zero-order valence-electron chi connectivity index (χ0n) is 10.2. The molecule has 2 rings (SSSR count). The predicted molar refractivity (Wildman–Crippen MR) is 66.6 cm³/mol. The van der Waals surface area contributed by atoms with Crippen LogP contribution in [0.4, 0.5) is 0 Å². The van der Waals surface area contributed by atoms with Crippen LogP contribution in [0.5, 0.6) is 0 Å². The van der Waals surface area contributed by atoms with Gasteiger partial charge < -0.3 is 10.5 Å². The SMILES string of the molecule is CCC(C)(N)COCC1Cc2ccccc21. The van der Waals surface area contributed by atoms with Crippen LogP contribution in [0.15, 0.2) is 24.3 Å². The van der Waals surface area contributed by atoms with Gasteiger partial charge in [-0.3, -0.25) is 0 Å². The van der Waals surface area contributed by atoms with Gasteiger partial charge in [-0.15, -0.1) is 0 Å². The van der Waals surface area contributed by atoms with Gasteiger partial charge >= 0.3 is 0 Å². The highest BCUT2D eigenvalue weighted by Crippen LogP contribution is 2.34. The van der Waals surface area contributed by atoms with E-state index in [0.717, 1.165) is 19.4 Å². The van der Waals surface area contributed by atoms with E-state index in [2.05, 4.69) is 31.2 Å². The molecule has 2 atom stereocenters. The number of hydrogen-bond donors (Lipinski definition) is 1. The quantitative estimate of drug-likeness (QED) is 0.825. The second-order valence-electron chi connectivity index (χ2n) is 5.12. The van der Waals surface area contributed by atoms with Crippen LogP contribution in [0.25, 0.3) is 0 Å². The molecule has 16 heavy (non-hydrogen) atoms. The molecule has 2 N–H and O–H groups in total. The first-order chi connectivity index (χ1) is 7.62. The lowest BCUT2D eigenvalue weighted by molar-refractivity contribution is 0.0749. The Labute approximate surface area is 97.8 Å². The van der Waals surface area contributed by atoms with Gasteiger partial charge in [0, 0.05) is 11.5 Å². The van der Waals surface area contributed by atoms with E-state index in [4.69, 9.17) is 10.5 Å². The van der Waals surface area contributed by atoms with Crippen molar-refractivity contribution in [3.63, 3.8) is 0 Å². The lowest BCUT2D eigenvalue weighted by Crippen LogP contribution is -2.41. The summed E-state index contributed by atoms with van der Waals surface area (Å²) in [5.74, 6) is 0.587. The third kappa shape index (κ3) is 2.45. The van der Waals surface area contributed by atoms with E-state index < -0.39 is 0 Å². The van der Waals surface area contributed by atoms with Crippen LogP contribution in [0.2, 0.25) is 0 Å². The topological polar surface area (TPSA) is 35.2 Å². The van der Waals surface area contributed by atoms with Crippen molar-refractivity contribution >= 4 is 0 Å². The van der Waals surface area contributed by atoms with Gasteiger partial charge in [0.25, 0.3) is 0 Å². The summed E-state index contributed by atoms with van der Waals surface area (Å²) in [6.07, 6.45) is 2.11. The predicted octanol–water partition coefficient (Wildman–Crippen LogP) is 2.47. The van der Waals surface area contributed by atoms with Crippen molar-refractivity contribution in [2.45, 2.75) is 38.1 Å². The summed E-state index contributed by atoms with van der Waals surface area (Å²) >= 11 is 0. The van der Waals surface area contributed by atoms with E-state index >= 15 is 0 Å². The minimum absolute atomic E-state index is 0.177. The van der Waals surface area contributed by atoms with Crippen molar-refractivity contribution in [1.82, 2.24) is 0 Å². The van der Waals surface area contributed by atoms with Crippen molar-refractivity contribution in [3.05, 3.63) is 35.4 Å². The Hall–Kier alpha value is -0.860. The van der Waals surface area contributed by atoms with Crippen LogP contribution in [-0.2, 0) is 11.2 Å². The number of nitrogens with two attached hydrogens (primary N) is 1. The zero-order chi connectivity index (χ0) is 11.6. The third-order valence-electron chi connectivity index (χ3n) is 3.52. The lowest BCUT2D eigenvalue weighted by atomic mass is 9.78. The fourth-order valence-electron chi connectivity index (χ4n) is 2.05. The molecule has 0 bridgehead atoms. The Bertz CT molecular complexity index is 360. The first-order valence-electron chi connectivity index (χ1n) is 6.07. The van der Waals surface area contributed by atoms with E-state index in [1.165, 1.54) is 11.1 Å². The van der Waals surface area contributed by atoms with Crippen LogP contribution >= 0.6 is 0 Å². The van der Waals surface area contributed by atoms with E-state index in [9.17, 15) is 0 Å². The van der Waals surface area contributed by atoms with Gasteiger partial charge in [0.1, 0.15) is 0 Å². The van der Waals surface area contributed by atoms with Crippen molar-refractivity contribution in [1.29, 1.82) is 0 Å². The molecule has 0 amide bonds. The first kappa shape index (κ1) is 11.6. The molecular weight excluding hydrogens is 198 g/mol. The Kier molecular flexibility index (Phi) is 3.31. The summed E-state index contributed by atoms with van der Waals surface area (Å²) in [5.41, 5.74) is 8.78. The summed E-state index contributed by atoms with van der Waals surface area (Å²) in [4.78, 5) is 0. The Morgan fingerprint density at radius 1 is 1.44 bits per heavy atom. The van der Waals surface area contributed by atoms with E-state index in [1.54, 1.807) is 0 Å². The molecule has 2 nitrogen and oxygen atoms in total. The molecule has 2 unspecified atom stereocenters. The van der Waals surface area contributed by atoms with Gasteiger partial charge in [-0.2, -0.15) is 0 Å². The number of hydrogen-bond acceptors (Lipinski definition) is 2. The molecule has 0 aliphatic heterocycles. The fraction of sp³-hybridized carbons (Fsp3) is 0.571. The summed E-state index contributed by atoms with van der Waals surface area (Å²) < 4.78 is 5.73. The van der Waals surface area contributed by atoms with Crippen LogP contribution in [0.3, 0.4) is 0 Å². The highest BCUT2D eigenvalue weighted by atomic mass is 16.5. The summed E-state index contributed by atoms with van der Waals surface area (Å²) in [6, 6.07) is 8.60. The molecule has 1 aromatic carbocycles. The van der Waals surface area contributed by atoms with E-state index in [1.807, 2.05) is 6.92 Å². The van der Waals surface area contributed by atoms with Crippen molar-refractivity contribution in [2.24, 2.45) is 5.73 Å². The third-order valence-corrected chi connectivity index (χ3v) is 3.52. The Balaban J connectivity index is 1.78. The molecule has 1 aromatic rings. The minimum atomic E-state index is -0.177. The fourth-order valence-corrected chi connectivity index (χ4v) is 2.05. The molecule has 0 radical (unpaired) electrons. The maximum absolute atomic E-state index is 6.03. The molecule has 0 saturated carbocycles. The van der Waals surface area contributed by atoms with Crippen LogP contribution < -0.4 is 5.73 Å². The maximum atomic E-state index is 6.03. The van der Waals surface area contributed by atoms with Gasteiger partial charge in [0.2, 0.25) is 0 Å². The van der Waals surface area contributed by atoms with Gasteiger partial charge in [0.15, 0.2) is 0 Å². The smallest absolute Gasteiger partial charge is 0.0643 e. The molecule has 0 heterocycles. The van der Waals surface area contributed by atoms with Crippen LogP contribution in [0, 0.1) is 0 Å². The van der Waals surface area contributed by atoms with Crippen LogP contribution in [0.1, 0.15) is 37.3 Å². The molecule has 2 heteroatoms. The second-order valence-corrected chi connectivity index (χ2v) is 5.12. The van der Waals surface area contributed by atoms with Gasteiger partial charge in [-0.25, -0.2) is 0 Å². The molecular formula is C14H21NO. The molecule has 1 aliphatic rings. The minimum Gasteiger partial charge on any atom is -0.379 e. The first-order valence-corrected chi connectivity index (χ1v) is 6.07. The number of ether oxygens (including phenoxy) is 1. The second kappa shape index (κ2) is 4.56. The van der Waals surface area contributed by atoms with Crippen LogP contribution in [-0.4, -0.2) is 18.8 Å². The van der Waals surface area contributed by atoms with E-state index in [-0.39, 0.29) is 5.54 Å². The molecule has 0 spiro atoms. The molecule has 0 aromatic heterocycles. The van der Waals surface area contributed by atoms with Crippen molar-refractivity contribution in [2.75, 3.05) is 13.2 Å². The highest BCUT2D eigenvalue weighted by Gasteiger charge is 2.26. The molecule has 88 valence electrons. The van der Waals surface area contributed by atoms with Gasteiger partial charge in [-0.1, -0.05) is 31.2 Å². The molecule has 1 aliphatic carbocycles. The van der Waals surface area contributed by atoms with Crippen molar-refractivity contribution < 1.29 is 4.74 Å². The van der Waals surface area contributed by atoms with Gasteiger partial charge in [0.05, 0.1) is 13.2 Å². The van der Waals surface area contributed by atoms with Gasteiger partial charge in [-0.05, 0) is 30.9 Å². The van der Waals surface area contributed by atoms with E-state index in [0.29, 0.717) is 12.5 Å². The molecule has 0 fully saturated rings. The average Bonchev–Trinajstić information content (AvgIpc) is 2.25. The zero-order valence-corrected chi connectivity index (χ0v) is 10.2. The number of fused-ring (bicyclic) bond motifs is 1. The standard InChI is InChI=1S/C14H21NO/c1-3-14(2,15)10-16-9-12-8-11-6-4-5-7-13(11)12/h4-7,12H,3,8-10,15H2,1-2H3. The Morgan fingerprint density at radius 3 is 2.88 bits per heavy atom. The average molecular weight is 219 g/mol. The largest absolute Gasteiger partial charge is 0.379 e. The summed E-state index contributed by atoms with van der Waals surface area (Å²) in [5, 5.41) is 0. The monoisotopic (exact) mass is 219 g/mol. The Morgan fingerprint density at radius 2 is 2.19 bits per heavy atom. The number of benzene rings is 1. The maximum Gasteiger partial charge on any atom is 0.0643 e. The summed E-state index contributed by atoms with van der Waals surface area (Å²) in [7, 11) is 0.